The first-order chi connectivity index (χ1) is 10.1. The average Bonchev–Trinajstić information content (AvgIpc) is 2.75. The Bertz CT molecular complexity index is 495. The lowest BCUT2D eigenvalue weighted by Crippen LogP contribution is -2.33. The first-order valence-electron chi connectivity index (χ1n) is 7.78. The Morgan fingerprint density at radius 3 is 2.86 bits per heavy atom. The summed E-state index contributed by atoms with van der Waals surface area (Å²) in [6.45, 7) is 3.59. The highest BCUT2D eigenvalue weighted by atomic mass is 16.4. The van der Waals surface area contributed by atoms with E-state index in [1.165, 1.54) is 23.8 Å². The standard InChI is InChI=1S/C16H24N2O3/c1-2-5-13-6-3-9-17(11-8-13)16(21)14-7-4-10-18(14)12-15(19)20/h4,7,10,13H,2-3,5-6,8-9,11-12H2,1H3,(H,19,20). The van der Waals surface area contributed by atoms with Crippen LogP contribution in [0.15, 0.2) is 18.3 Å². The molecule has 2 rings (SSSR count). The first-order valence-corrected chi connectivity index (χ1v) is 7.78. The Labute approximate surface area is 125 Å². The van der Waals surface area contributed by atoms with E-state index in [9.17, 15) is 9.59 Å². The van der Waals surface area contributed by atoms with Gasteiger partial charge >= 0.3 is 5.97 Å². The maximum absolute atomic E-state index is 12.6. The number of aliphatic carboxylic acids is 1. The van der Waals surface area contributed by atoms with E-state index in [1.807, 2.05) is 4.90 Å². The Balaban J connectivity index is 2.03. The number of likely N-dealkylation sites (tertiary alicyclic amines) is 1. The molecule has 1 saturated heterocycles. The smallest absolute Gasteiger partial charge is 0.323 e. The van der Waals surface area contributed by atoms with Crippen molar-refractivity contribution in [2.75, 3.05) is 13.1 Å². The molecule has 1 aliphatic rings. The van der Waals surface area contributed by atoms with Crippen LogP contribution >= 0.6 is 0 Å². The van der Waals surface area contributed by atoms with Gasteiger partial charge in [-0.1, -0.05) is 19.8 Å². The molecule has 0 radical (unpaired) electrons. The minimum atomic E-state index is -0.931. The van der Waals surface area contributed by atoms with Crippen LogP contribution in [-0.2, 0) is 11.3 Å². The SMILES string of the molecule is CCCC1CCCN(C(=O)c2cccn2CC(=O)O)CC1. The summed E-state index contributed by atoms with van der Waals surface area (Å²) >= 11 is 0. The monoisotopic (exact) mass is 292 g/mol. The lowest BCUT2D eigenvalue weighted by Gasteiger charge is -2.21. The van der Waals surface area contributed by atoms with Gasteiger partial charge in [0.05, 0.1) is 0 Å². The van der Waals surface area contributed by atoms with Gasteiger partial charge in [0.2, 0.25) is 0 Å². The van der Waals surface area contributed by atoms with Crippen molar-refractivity contribution in [1.29, 1.82) is 0 Å². The number of carbonyl (C=O) groups is 2. The molecule has 1 aromatic rings. The molecule has 0 saturated carbocycles. The van der Waals surface area contributed by atoms with E-state index in [0.29, 0.717) is 5.69 Å². The van der Waals surface area contributed by atoms with Crippen LogP contribution in [0.1, 0.15) is 49.5 Å². The molecule has 1 unspecified atom stereocenters. The van der Waals surface area contributed by atoms with Crippen molar-refractivity contribution in [3.8, 4) is 0 Å². The van der Waals surface area contributed by atoms with Crippen molar-refractivity contribution in [2.24, 2.45) is 5.92 Å². The fourth-order valence-corrected chi connectivity index (χ4v) is 3.12. The third kappa shape index (κ3) is 4.09. The molecular weight excluding hydrogens is 268 g/mol. The predicted molar refractivity (Wildman–Crippen MR) is 80.2 cm³/mol. The summed E-state index contributed by atoms with van der Waals surface area (Å²) in [5.74, 6) is -0.254. The number of rotatable bonds is 5. The summed E-state index contributed by atoms with van der Waals surface area (Å²) in [4.78, 5) is 25.3. The largest absolute Gasteiger partial charge is 0.480 e. The fraction of sp³-hybridized carbons (Fsp3) is 0.625. The minimum absolute atomic E-state index is 0.0431. The highest BCUT2D eigenvalue weighted by Gasteiger charge is 2.23. The molecule has 0 spiro atoms. The Morgan fingerprint density at radius 1 is 1.33 bits per heavy atom. The number of hydrogen-bond acceptors (Lipinski definition) is 2. The summed E-state index contributed by atoms with van der Waals surface area (Å²) in [6, 6.07) is 3.44. The van der Waals surface area contributed by atoms with Gasteiger partial charge in [-0.25, -0.2) is 0 Å². The Hall–Kier alpha value is -1.78. The predicted octanol–water partition coefficient (Wildman–Crippen LogP) is 2.62. The molecule has 2 heterocycles. The number of carboxylic acids is 1. The summed E-state index contributed by atoms with van der Waals surface area (Å²) in [5, 5.41) is 8.89. The van der Waals surface area contributed by atoms with Crippen molar-refractivity contribution in [3.05, 3.63) is 24.0 Å². The quantitative estimate of drug-likeness (QED) is 0.907. The normalized spacial score (nSPS) is 19.3. The third-order valence-electron chi connectivity index (χ3n) is 4.19. The van der Waals surface area contributed by atoms with Crippen molar-refractivity contribution >= 4 is 11.9 Å². The number of amides is 1. The van der Waals surface area contributed by atoms with E-state index in [-0.39, 0.29) is 12.5 Å². The van der Waals surface area contributed by atoms with Crippen LogP contribution < -0.4 is 0 Å². The molecule has 116 valence electrons. The summed E-state index contributed by atoms with van der Waals surface area (Å²) in [6.07, 6.45) is 7.36. The van der Waals surface area contributed by atoms with E-state index in [2.05, 4.69) is 6.92 Å². The van der Waals surface area contributed by atoms with E-state index in [4.69, 9.17) is 5.11 Å². The first kappa shape index (κ1) is 15.6. The second-order valence-corrected chi connectivity index (χ2v) is 5.79. The van der Waals surface area contributed by atoms with Crippen LogP contribution in [0.2, 0.25) is 0 Å². The molecule has 0 bridgehead atoms. The molecule has 0 aliphatic carbocycles. The van der Waals surface area contributed by atoms with Gasteiger partial charge in [0.15, 0.2) is 0 Å². The van der Waals surface area contributed by atoms with E-state index in [0.717, 1.165) is 31.8 Å². The molecule has 1 fully saturated rings. The van der Waals surface area contributed by atoms with Gasteiger partial charge in [-0.3, -0.25) is 9.59 Å². The van der Waals surface area contributed by atoms with Gasteiger partial charge in [0.25, 0.3) is 5.91 Å². The molecule has 0 aromatic carbocycles. The highest BCUT2D eigenvalue weighted by Crippen LogP contribution is 2.23. The number of aromatic nitrogens is 1. The van der Waals surface area contributed by atoms with Crippen molar-refractivity contribution in [1.82, 2.24) is 9.47 Å². The average molecular weight is 292 g/mol. The van der Waals surface area contributed by atoms with Crippen molar-refractivity contribution < 1.29 is 14.7 Å². The molecule has 5 heteroatoms. The maximum atomic E-state index is 12.6. The molecule has 1 atom stereocenters. The number of carbonyl (C=O) groups excluding carboxylic acids is 1. The lowest BCUT2D eigenvalue weighted by atomic mass is 9.96. The van der Waals surface area contributed by atoms with Crippen molar-refractivity contribution in [3.63, 3.8) is 0 Å². The maximum Gasteiger partial charge on any atom is 0.323 e. The minimum Gasteiger partial charge on any atom is -0.480 e. The lowest BCUT2D eigenvalue weighted by molar-refractivity contribution is -0.137. The van der Waals surface area contributed by atoms with Gasteiger partial charge in [0.1, 0.15) is 12.2 Å². The number of nitrogens with zero attached hydrogens (tertiary/aromatic N) is 2. The van der Waals surface area contributed by atoms with Crippen LogP contribution in [0.4, 0.5) is 0 Å². The van der Waals surface area contributed by atoms with Crippen LogP contribution in [0.5, 0.6) is 0 Å². The summed E-state index contributed by atoms with van der Waals surface area (Å²) in [7, 11) is 0. The number of carboxylic acid groups (broad SMARTS) is 1. The van der Waals surface area contributed by atoms with Gasteiger partial charge in [-0.15, -0.1) is 0 Å². The molecule has 21 heavy (non-hydrogen) atoms. The zero-order valence-corrected chi connectivity index (χ0v) is 12.6. The van der Waals surface area contributed by atoms with Gasteiger partial charge in [-0.2, -0.15) is 0 Å². The summed E-state index contributed by atoms with van der Waals surface area (Å²) < 4.78 is 1.51. The molecular formula is C16H24N2O3. The number of hydrogen-bond donors (Lipinski definition) is 1. The highest BCUT2D eigenvalue weighted by molar-refractivity contribution is 5.93. The Morgan fingerprint density at radius 2 is 2.14 bits per heavy atom. The fourth-order valence-electron chi connectivity index (χ4n) is 3.12. The van der Waals surface area contributed by atoms with Crippen LogP contribution in [0.25, 0.3) is 0 Å². The van der Waals surface area contributed by atoms with Crippen LogP contribution in [-0.4, -0.2) is 39.5 Å². The molecule has 1 aromatic heterocycles. The van der Waals surface area contributed by atoms with Gasteiger partial charge in [0, 0.05) is 19.3 Å². The van der Waals surface area contributed by atoms with E-state index < -0.39 is 5.97 Å². The Kier molecular flexibility index (Phi) is 5.42. The van der Waals surface area contributed by atoms with Crippen molar-refractivity contribution in [2.45, 2.75) is 45.6 Å². The second kappa shape index (κ2) is 7.29. The third-order valence-corrected chi connectivity index (χ3v) is 4.19. The molecule has 1 amide bonds. The molecule has 1 N–H and O–H groups in total. The zero-order valence-electron chi connectivity index (χ0n) is 12.6. The van der Waals surface area contributed by atoms with Gasteiger partial charge < -0.3 is 14.6 Å². The van der Waals surface area contributed by atoms with E-state index >= 15 is 0 Å². The van der Waals surface area contributed by atoms with E-state index in [1.54, 1.807) is 18.3 Å². The topological polar surface area (TPSA) is 62.5 Å². The summed E-state index contributed by atoms with van der Waals surface area (Å²) in [5.41, 5.74) is 0.478. The zero-order chi connectivity index (χ0) is 15.2. The van der Waals surface area contributed by atoms with Gasteiger partial charge in [-0.05, 0) is 37.3 Å². The molecule has 5 nitrogen and oxygen atoms in total. The van der Waals surface area contributed by atoms with Crippen LogP contribution in [0, 0.1) is 5.92 Å². The second-order valence-electron chi connectivity index (χ2n) is 5.79. The van der Waals surface area contributed by atoms with Crippen LogP contribution in [0.3, 0.4) is 0 Å². The molecule has 1 aliphatic heterocycles.